The molecular weight excluding hydrogens is 437 g/mol. The molecule has 1 N–H and O–H groups in total. The van der Waals surface area contributed by atoms with Crippen LogP contribution in [0.5, 0.6) is 11.5 Å². The van der Waals surface area contributed by atoms with Gasteiger partial charge >= 0.3 is 12.7 Å². The molecule has 1 aliphatic heterocycles. The van der Waals surface area contributed by atoms with E-state index in [9.17, 15) is 18.0 Å². The number of piperazine rings is 1. The minimum atomic E-state index is -2.88. The molecule has 170 valence electrons. The van der Waals surface area contributed by atoms with Crippen LogP contribution >= 0.6 is 12.4 Å². The van der Waals surface area contributed by atoms with E-state index in [1.807, 2.05) is 6.92 Å². The smallest absolute Gasteiger partial charge is 0.410 e. The number of halogens is 4. The standard InChI is InChI=1S/C21H23F3N2O4.ClH/c1-14-11-25-8-9-26(14)21(27)29-13-16-10-18(6-7-19(16)22)28-12-15-2-4-17(5-3-15)30-20(23)24;/h2-7,10,14,20,25H,8-9,11-13H2,1H3;1H. The Labute approximate surface area is 184 Å². The van der Waals surface area contributed by atoms with Crippen molar-refractivity contribution in [1.82, 2.24) is 10.2 Å². The second-order valence-corrected chi connectivity index (χ2v) is 6.87. The lowest BCUT2D eigenvalue weighted by Gasteiger charge is -2.33. The van der Waals surface area contributed by atoms with Crippen LogP contribution in [0.4, 0.5) is 18.0 Å². The van der Waals surface area contributed by atoms with Crippen LogP contribution < -0.4 is 14.8 Å². The Balaban J connectivity index is 0.00000341. The van der Waals surface area contributed by atoms with E-state index in [1.165, 1.54) is 30.3 Å². The van der Waals surface area contributed by atoms with Gasteiger partial charge in [0, 0.05) is 31.2 Å². The SMILES string of the molecule is CC1CNCCN1C(=O)OCc1cc(OCc2ccc(OC(F)F)cc2)ccc1F.Cl. The maximum atomic E-state index is 14.1. The Bertz CT molecular complexity index is 855. The minimum absolute atomic E-state index is 0. The Hall–Kier alpha value is -2.65. The zero-order valence-electron chi connectivity index (χ0n) is 16.9. The molecule has 1 amide bonds. The minimum Gasteiger partial charge on any atom is -0.489 e. The zero-order chi connectivity index (χ0) is 21.5. The van der Waals surface area contributed by atoms with E-state index in [-0.39, 0.29) is 43.0 Å². The van der Waals surface area contributed by atoms with Gasteiger partial charge in [-0.2, -0.15) is 8.78 Å². The Kier molecular flexibility index (Phi) is 9.26. The highest BCUT2D eigenvalue weighted by molar-refractivity contribution is 5.85. The molecule has 6 nitrogen and oxygen atoms in total. The monoisotopic (exact) mass is 460 g/mol. The topological polar surface area (TPSA) is 60.0 Å². The van der Waals surface area contributed by atoms with Gasteiger partial charge in [0.05, 0.1) is 0 Å². The lowest BCUT2D eigenvalue weighted by molar-refractivity contribution is -0.0498. The highest BCUT2D eigenvalue weighted by Gasteiger charge is 2.24. The van der Waals surface area contributed by atoms with E-state index >= 15 is 0 Å². The van der Waals surface area contributed by atoms with Gasteiger partial charge in [-0.3, -0.25) is 0 Å². The molecule has 1 unspecified atom stereocenters. The molecule has 10 heteroatoms. The summed E-state index contributed by atoms with van der Waals surface area (Å²) in [5, 5.41) is 3.18. The van der Waals surface area contributed by atoms with Crippen molar-refractivity contribution in [3.63, 3.8) is 0 Å². The fourth-order valence-electron chi connectivity index (χ4n) is 3.02. The summed E-state index contributed by atoms with van der Waals surface area (Å²) in [6.07, 6.45) is -0.485. The summed E-state index contributed by atoms with van der Waals surface area (Å²) in [6.45, 7) is 0.875. The lowest BCUT2D eigenvalue weighted by atomic mass is 10.2. The number of ether oxygens (including phenoxy) is 3. The second-order valence-electron chi connectivity index (χ2n) is 6.87. The quantitative estimate of drug-likeness (QED) is 0.665. The Morgan fingerprint density at radius 1 is 1.16 bits per heavy atom. The molecule has 0 saturated carbocycles. The molecule has 2 aromatic rings. The van der Waals surface area contributed by atoms with E-state index in [0.29, 0.717) is 25.4 Å². The van der Waals surface area contributed by atoms with Crippen LogP contribution in [0.1, 0.15) is 18.1 Å². The molecule has 0 spiro atoms. The predicted octanol–water partition coefficient (Wildman–Crippen LogP) is 4.36. The van der Waals surface area contributed by atoms with Crippen molar-refractivity contribution < 1.29 is 32.2 Å². The molecule has 1 heterocycles. The molecule has 31 heavy (non-hydrogen) atoms. The number of rotatable bonds is 7. The first kappa shape index (κ1) is 24.6. The molecule has 0 aromatic heterocycles. The molecule has 1 atom stereocenters. The van der Waals surface area contributed by atoms with Gasteiger partial charge in [0.25, 0.3) is 0 Å². The molecule has 1 fully saturated rings. The van der Waals surface area contributed by atoms with Gasteiger partial charge in [-0.15, -0.1) is 12.4 Å². The molecule has 1 aliphatic rings. The fraction of sp³-hybridized carbons (Fsp3) is 0.381. The number of alkyl halides is 2. The summed E-state index contributed by atoms with van der Waals surface area (Å²) in [5.41, 5.74) is 0.922. The zero-order valence-corrected chi connectivity index (χ0v) is 17.7. The molecule has 2 aromatic carbocycles. The van der Waals surface area contributed by atoms with E-state index in [2.05, 4.69) is 10.1 Å². The predicted molar refractivity (Wildman–Crippen MR) is 110 cm³/mol. The molecule has 0 radical (unpaired) electrons. The molecule has 0 bridgehead atoms. The first-order valence-electron chi connectivity index (χ1n) is 9.51. The van der Waals surface area contributed by atoms with Crippen molar-refractivity contribution in [2.24, 2.45) is 0 Å². The van der Waals surface area contributed by atoms with E-state index in [4.69, 9.17) is 9.47 Å². The van der Waals surface area contributed by atoms with Gasteiger partial charge in [-0.25, -0.2) is 9.18 Å². The summed E-state index contributed by atoms with van der Waals surface area (Å²) in [5.74, 6) is -0.0543. The Morgan fingerprint density at radius 2 is 1.87 bits per heavy atom. The number of amides is 1. The maximum absolute atomic E-state index is 14.1. The van der Waals surface area contributed by atoms with Crippen LogP contribution in [0.3, 0.4) is 0 Å². The summed E-state index contributed by atoms with van der Waals surface area (Å²) in [4.78, 5) is 13.9. The van der Waals surface area contributed by atoms with Crippen LogP contribution in [-0.4, -0.2) is 43.3 Å². The number of carbonyl (C=O) groups is 1. The van der Waals surface area contributed by atoms with Gasteiger partial charge in [-0.05, 0) is 42.8 Å². The normalized spacial score (nSPS) is 15.9. The van der Waals surface area contributed by atoms with Crippen molar-refractivity contribution in [2.45, 2.75) is 32.8 Å². The van der Waals surface area contributed by atoms with Crippen molar-refractivity contribution >= 4 is 18.5 Å². The summed E-state index contributed by atoms with van der Waals surface area (Å²) < 4.78 is 53.7. The third-order valence-electron chi connectivity index (χ3n) is 4.66. The van der Waals surface area contributed by atoms with Crippen LogP contribution in [0.2, 0.25) is 0 Å². The largest absolute Gasteiger partial charge is 0.489 e. The Morgan fingerprint density at radius 3 is 2.55 bits per heavy atom. The number of carbonyl (C=O) groups excluding carboxylic acids is 1. The molecule has 3 rings (SSSR count). The van der Waals surface area contributed by atoms with Gasteiger partial charge < -0.3 is 24.4 Å². The van der Waals surface area contributed by atoms with Gasteiger partial charge in [0.15, 0.2) is 0 Å². The number of hydrogen-bond acceptors (Lipinski definition) is 5. The lowest BCUT2D eigenvalue weighted by Crippen LogP contribution is -2.52. The van der Waals surface area contributed by atoms with Crippen molar-refractivity contribution in [3.05, 3.63) is 59.4 Å². The highest BCUT2D eigenvalue weighted by Crippen LogP contribution is 2.21. The fourth-order valence-corrected chi connectivity index (χ4v) is 3.02. The first-order valence-corrected chi connectivity index (χ1v) is 9.51. The van der Waals surface area contributed by atoms with Crippen molar-refractivity contribution in [3.8, 4) is 11.5 Å². The first-order chi connectivity index (χ1) is 14.4. The third-order valence-corrected chi connectivity index (χ3v) is 4.66. The summed E-state index contributed by atoms with van der Waals surface area (Å²) >= 11 is 0. The number of benzene rings is 2. The van der Waals surface area contributed by atoms with Crippen LogP contribution in [-0.2, 0) is 18.0 Å². The van der Waals surface area contributed by atoms with E-state index in [1.54, 1.807) is 17.0 Å². The highest BCUT2D eigenvalue weighted by atomic mass is 35.5. The molecule has 1 saturated heterocycles. The van der Waals surface area contributed by atoms with Crippen LogP contribution in [0, 0.1) is 5.82 Å². The molecular formula is C21H24ClF3N2O4. The van der Waals surface area contributed by atoms with Crippen molar-refractivity contribution in [2.75, 3.05) is 19.6 Å². The number of nitrogens with one attached hydrogen (secondary N) is 1. The number of hydrogen-bond donors (Lipinski definition) is 1. The second kappa shape index (κ2) is 11.7. The van der Waals surface area contributed by atoms with Crippen molar-refractivity contribution in [1.29, 1.82) is 0 Å². The van der Waals surface area contributed by atoms with Gasteiger partial charge in [0.2, 0.25) is 0 Å². The van der Waals surface area contributed by atoms with Gasteiger partial charge in [-0.1, -0.05) is 12.1 Å². The number of nitrogens with zero attached hydrogens (tertiary/aromatic N) is 1. The van der Waals surface area contributed by atoms with Gasteiger partial charge in [0.1, 0.15) is 30.5 Å². The average Bonchev–Trinajstić information content (AvgIpc) is 2.73. The van der Waals surface area contributed by atoms with E-state index in [0.717, 1.165) is 5.56 Å². The van der Waals surface area contributed by atoms with Crippen LogP contribution in [0.25, 0.3) is 0 Å². The maximum Gasteiger partial charge on any atom is 0.410 e. The summed E-state index contributed by atoms with van der Waals surface area (Å²) in [6, 6.07) is 10.2. The van der Waals surface area contributed by atoms with Crippen LogP contribution in [0.15, 0.2) is 42.5 Å². The molecule has 0 aliphatic carbocycles. The van der Waals surface area contributed by atoms with E-state index < -0.39 is 18.5 Å². The third kappa shape index (κ3) is 7.22. The summed E-state index contributed by atoms with van der Waals surface area (Å²) in [7, 11) is 0. The average molecular weight is 461 g/mol.